The normalized spacial score (nSPS) is 10.2. The molecule has 1 amide bonds. The Bertz CT molecular complexity index is 687. The minimum Gasteiger partial charge on any atom is -0.493 e. The lowest BCUT2D eigenvalue weighted by Gasteiger charge is -2.10. The van der Waals surface area contributed by atoms with Crippen LogP contribution in [0.1, 0.15) is 36.5 Å². The monoisotopic (exact) mass is 343 g/mol. The molecule has 0 radical (unpaired) electrons. The second kappa shape index (κ2) is 9.52. The zero-order valence-corrected chi connectivity index (χ0v) is 15.0. The van der Waals surface area contributed by atoms with Crippen LogP contribution in [0, 0.1) is 0 Å². The minimum absolute atomic E-state index is 0.230. The molecule has 1 heterocycles. The Morgan fingerprint density at radius 3 is 2.52 bits per heavy atom. The highest BCUT2D eigenvalue weighted by atomic mass is 16.5. The Kier molecular flexibility index (Phi) is 7.07. The van der Waals surface area contributed by atoms with Crippen molar-refractivity contribution < 1.29 is 14.3 Å². The van der Waals surface area contributed by atoms with E-state index in [2.05, 4.69) is 22.5 Å². The standard InChI is InChI=1S/C19H25N3O3/c1-4-5-6-11-20-18-10-8-15(13-21-18)22-19(23)14-7-9-16(24-2)17(12-14)25-3/h7-10,12-13H,4-6,11H2,1-3H3,(H,20,21)(H,22,23). The lowest BCUT2D eigenvalue weighted by Crippen LogP contribution is -2.12. The van der Waals surface area contributed by atoms with E-state index in [1.165, 1.54) is 20.0 Å². The van der Waals surface area contributed by atoms with Gasteiger partial charge in [-0.05, 0) is 36.8 Å². The van der Waals surface area contributed by atoms with Gasteiger partial charge in [0.15, 0.2) is 11.5 Å². The summed E-state index contributed by atoms with van der Waals surface area (Å²) in [6.45, 7) is 3.08. The van der Waals surface area contributed by atoms with E-state index in [9.17, 15) is 4.79 Å². The number of amides is 1. The molecule has 6 nitrogen and oxygen atoms in total. The van der Waals surface area contributed by atoms with Crippen LogP contribution in [0.4, 0.5) is 11.5 Å². The predicted octanol–water partition coefficient (Wildman–Crippen LogP) is 3.95. The molecule has 0 aliphatic carbocycles. The largest absolute Gasteiger partial charge is 0.493 e. The van der Waals surface area contributed by atoms with Gasteiger partial charge in [-0.15, -0.1) is 0 Å². The molecule has 2 N–H and O–H groups in total. The SMILES string of the molecule is CCCCCNc1ccc(NC(=O)c2ccc(OC)c(OC)c2)cn1. The van der Waals surface area contributed by atoms with Crippen LogP contribution in [0.3, 0.4) is 0 Å². The maximum Gasteiger partial charge on any atom is 0.255 e. The average Bonchev–Trinajstić information content (AvgIpc) is 2.65. The molecular weight excluding hydrogens is 318 g/mol. The van der Waals surface area contributed by atoms with Crippen LogP contribution < -0.4 is 20.1 Å². The Morgan fingerprint density at radius 1 is 1.08 bits per heavy atom. The van der Waals surface area contributed by atoms with Gasteiger partial charge in [0.25, 0.3) is 5.91 Å². The third-order valence-electron chi connectivity index (χ3n) is 3.75. The third kappa shape index (κ3) is 5.38. The molecule has 0 spiro atoms. The van der Waals surface area contributed by atoms with Gasteiger partial charge >= 0.3 is 0 Å². The zero-order valence-electron chi connectivity index (χ0n) is 15.0. The average molecular weight is 343 g/mol. The molecular formula is C19H25N3O3. The second-order valence-electron chi connectivity index (χ2n) is 5.59. The van der Waals surface area contributed by atoms with Gasteiger partial charge in [-0.2, -0.15) is 0 Å². The molecule has 6 heteroatoms. The van der Waals surface area contributed by atoms with Gasteiger partial charge in [-0.25, -0.2) is 4.98 Å². The number of hydrogen-bond donors (Lipinski definition) is 2. The van der Waals surface area contributed by atoms with Crippen molar-refractivity contribution >= 4 is 17.4 Å². The molecule has 1 aromatic heterocycles. The fraction of sp³-hybridized carbons (Fsp3) is 0.368. The number of nitrogens with zero attached hydrogens (tertiary/aromatic N) is 1. The number of rotatable bonds is 9. The Morgan fingerprint density at radius 2 is 1.88 bits per heavy atom. The highest BCUT2D eigenvalue weighted by molar-refractivity contribution is 6.04. The molecule has 0 fully saturated rings. The van der Waals surface area contributed by atoms with E-state index >= 15 is 0 Å². The lowest BCUT2D eigenvalue weighted by molar-refractivity contribution is 0.102. The summed E-state index contributed by atoms with van der Waals surface area (Å²) < 4.78 is 10.4. The number of hydrogen-bond acceptors (Lipinski definition) is 5. The van der Waals surface area contributed by atoms with Crippen LogP contribution in [-0.4, -0.2) is 31.7 Å². The number of aromatic nitrogens is 1. The first-order valence-corrected chi connectivity index (χ1v) is 8.41. The summed E-state index contributed by atoms with van der Waals surface area (Å²) in [7, 11) is 3.09. The smallest absolute Gasteiger partial charge is 0.255 e. The van der Waals surface area contributed by atoms with Crippen LogP contribution in [0.15, 0.2) is 36.5 Å². The number of unbranched alkanes of at least 4 members (excludes halogenated alkanes) is 2. The third-order valence-corrected chi connectivity index (χ3v) is 3.75. The summed E-state index contributed by atoms with van der Waals surface area (Å²) in [6, 6.07) is 8.72. The van der Waals surface area contributed by atoms with Gasteiger partial charge < -0.3 is 20.1 Å². The fourth-order valence-corrected chi connectivity index (χ4v) is 2.34. The maximum absolute atomic E-state index is 12.4. The van der Waals surface area contributed by atoms with E-state index in [1.54, 1.807) is 31.5 Å². The second-order valence-corrected chi connectivity index (χ2v) is 5.59. The number of benzene rings is 1. The van der Waals surface area contributed by atoms with Crippen LogP contribution in [-0.2, 0) is 0 Å². The van der Waals surface area contributed by atoms with Crippen LogP contribution in [0.5, 0.6) is 11.5 Å². The van der Waals surface area contributed by atoms with Crippen LogP contribution in [0.2, 0.25) is 0 Å². The van der Waals surface area contributed by atoms with E-state index in [0.29, 0.717) is 22.7 Å². The molecule has 0 bridgehead atoms. The number of carbonyl (C=O) groups is 1. The Balaban J connectivity index is 1.96. The molecule has 0 saturated heterocycles. The number of ether oxygens (including phenoxy) is 2. The molecule has 134 valence electrons. The molecule has 0 aliphatic heterocycles. The van der Waals surface area contributed by atoms with Gasteiger partial charge in [0.2, 0.25) is 0 Å². The molecule has 25 heavy (non-hydrogen) atoms. The summed E-state index contributed by atoms with van der Waals surface area (Å²) in [5, 5.41) is 6.09. The van der Waals surface area contributed by atoms with Crippen molar-refractivity contribution in [2.24, 2.45) is 0 Å². The van der Waals surface area contributed by atoms with E-state index in [1.807, 2.05) is 12.1 Å². The van der Waals surface area contributed by atoms with Crippen molar-refractivity contribution in [2.45, 2.75) is 26.2 Å². The van der Waals surface area contributed by atoms with Crippen molar-refractivity contribution in [3.05, 3.63) is 42.1 Å². The highest BCUT2D eigenvalue weighted by Gasteiger charge is 2.11. The Labute approximate surface area is 148 Å². The maximum atomic E-state index is 12.4. The van der Waals surface area contributed by atoms with E-state index in [0.717, 1.165) is 18.8 Å². The molecule has 1 aromatic carbocycles. The van der Waals surface area contributed by atoms with Gasteiger partial charge in [0, 0.05) is 12.1 Å². The summed E-state index contributed by atoms with van der Waals surface area (Å²) >= 11 is 0. The van der Waals surface area contributed by atoms with Crippen molar-refractivity contribution in [2.75, 3.05) is 31.4 Å². The van der Waals surface area contributed by atoms with Gasteiger partial charge in [0.1, 0.15) is 5.82 Å². The first kappa shape index (κ1) is 18.6. The van der Waals surface area contributed by atoms with Crippen molar-refractivity contribution in [1.82, 2.24) is 4.98 Å². The summed E-state index contributed by atoms with van der Waals surface area (Å²) in [6.07, 6.45) is 5.15. The van der Waals surface area contributed by atoms with Crippen molar-refractivity contribution in [3.8, 4) is 11.5 Å². The van der Waals surface area contributed by atoms with E-state index in [-0.39, 0.29) is 5.91 Å². The topological polar surface area (TPSA) is 72.5 Å². The molecule has 2 aromatic rings. The minimum atomic E-state index is -0.230. The van der Waals surface area contributed by atoms with Gasteiger partial charge in [-0.1, -0.05) is 19.8 Å². The zero-order chi connectivity index (χ0) is 18.1. The number of carbonyl (C=O) groups excluding carboxylic acids is 1. The molecule has 0 saturated carbocycles. The van der Waals surface area contributed by atoms with E-state index in [4.69, 9.17) is 9.47 Å². The molecule has 0 aliphatic rings. The molecule has 2 rings (SSSR count). The lowest BCUT2D eigenvalue weighted by atomic mass is 10.2. The summed E-state index contributed by atoms with van der Waals surface area (Å²) in [4.78, 5) is 16.7. The number of nitrogens with one attached hydrogen (secondary N) is 2. The number of methoxy groups -OCH3 is 2. The van der Waals surface area contributed by atoms with Gasteiger partial charge in [-0.3, -0.25) is 4.79 Å². The predicted molar refractivity (Wildman–Crippen MR) is 99.8 cm³/mol. The summed E-state index contributed by atoms with van der Waals surface area (Å²) in [5.74, 6) is 1.67. The summed E-state index contributed by atoms with van der Waals surface area (Å²) in [5.41, 5.74) is 1.12. The van der Waals surface area contributed by atoms with Crippen molar-refractivity contribution in [1.29, 1.82) is 0 Å². The Hall–Kier alpha value is -2.76. The van der Waals surface area contributed by atoms with Crippen LogP contribution in [0.25, 0.3) is 0 Å². The first-order chi connectivity index (χ1) is 12.2. The molecule has 0 unspecified atom stereocenters. The number of anilines is 2. The van der Waals surface area contributed by atoms with Gasteiger partial charge in [0.05, 0.1) is 26.1 Å². The fourth-order valence-electron chi connectivity index (χ4n) is 2.34. The first-order valence-electron chi connectivity index (χ1n) is 8.41. The van der Waals surface area contributed by atoms with Crippen molar-refractivity contribution in [3.63, 3.8) is 0 Å². The highest BCUT2D eigenvalue weighted by Crippen LogP contribution is 2.27. The van der Waals surface area contributed by atoms with Crippen LogP contribution >= 0.6 is 0 Å². The molecule has 0 atom stereocenters. The number of pyridine rings is 1. The van der Waals surface area contributed by atoms with E-state index < -0.39 is 0 Å². The quantitative estimate of drug-likeness (QED) is 0.675.